The van der Waals surface area contributed by atoms with Gasteiger partial charge in [0, 0.05) is 24.2 Å². The maximum absolute atomic E-state index is 12.3. The number of aliphatic hydroxyl groups excluding tert-OH is 3. The number of hydrogen-bond donors (Lipinski definition) is 3. The summed E-state index contributed by atoms with van der Waals surface area (Å²) in [5, 5.41) is 28.8. The molecule has 0 unspecified atom stereocenters. The molecule has 1 aromatic rings. The summed E-state index contributed by atoms with van der Waals surface area (Å²) < 4.78 is 7.27. The fraction of sp³-hybridized carbons (Fsp3) is 0.667. The van der Waals surface area contributed by atoms with Crippen LogP contribution in [0.4, 0.5) is 0 Å². The predicted molar refractivity (Wildman–Crippen MR) is 73.4 cm³/mol. The summed E-state index contributed by atoms with van der Waals surface area (Å²) in [5.41, 5.74) is -0.887. The standard InChI is InChI=1S/C12H17ClN2O6/c1-6-4-15(12(20)14(3-2-13)10(6)19)11-9(18)8(17)7(5-16)21-11/h4,7-9,11,16-18H,2-3,5H2,1H3/t7-,8-,9-,11-/m1/s1. The van der Waals surface area contributed by atoms with Crippen LogP contribution in [-0.2, 0) is 11.3 Å². The monoisotopic (exact) mass is 320 g/mol. The smallest absolute Gasteiger partial charge is 0.333 e. The van der Waals surface area contributed by atoms with Crippen molar-refractivity contribution < 1.29 is 20.1 Å². The van der Waals surface area contributed by atoms with Gasteiger partial charge in [-0.15, -0.1) is 11.6 Å². The summed E-state index contributed by atoms with van der Waals surface area (Å²) in [6, 6.07) is 0. The normalized spacial score (nSPS) is 29.0. The van der Waals surface area contributed by atoms with Gasteiger partial charge in [0.15, 0.2) is 6.23 Å². The quantitative estimate of drug-likeness (QED) is 0.562. The van der Waals surface area contributed by atoms with Gasteiger partial charge in [-0.05, 0) is 6.92 Å². The van der Waals surface area contributed by atoms with Gasteiger partial charge in [0.05, 0.1) is 6.61 Å². The molecule has 1 aliphatic rings. The van der Waals surface area contributed by atoms with Crippen LogP contribution in [0.2, 0.25) is 0 Å². The molecule has 21 heavy (non-hydrogen) atoms. The van der Waals surface area contributed by atoms with Crippen LogP contribution in [0.3, 0.4) is 0 Å². The molecule has 0 spiro atoms. The van der Waals surface area contributed by atoms with E-state index in [1.165, 1.54) is 13.1 Å². The number of ether oxygens (including phenoxy) is 1. The molecule has 1 saturated heterocycles. The third kappa shape index (κ3) is 2.77. The van der Waals surface area contributed by atoms with E-state index in [4.69, 9.17) is 21.4 Å². The summed E-state index contributed by atoms with van der Waals surface area (Å²) in [6.45, 7) is 1.05. The number of halogens is 1. The van der Waals surface area contributed by atoms with Crippen LogP contribution in [0.1, 0.15) is 11.8 Å². The van der Waals surface area contributed by atoms with Gasteiger partial charge in [0.2, 0.25) is 0 Å². The second-order valence-electron chi connectivity index (χ2n) is 4.88. The van der Waals surface area contributed by atoms with Gasteiger partial charge in [-0.3, -0.25) is 13.9 Å². The third-order valence-electron chi connectivity index (χ3n) is 3.47. The lowest BCUT2D eigenvalue weighted by Gasteiger charge is -2.19. The van der Waals surface area contributed by atoms with Crippen LogP contribution in [0.5, 0.6) is 0 Å². The Morgan fingerprint density at radius 2 is 2.00 bits per heavy atom. The van der Waals surface area contributed by atoms with Crippen molar-refractivity contribution in [3.8, 4) is 0 Å². The van der Waals surface area contributed by atoms with Crippen molar-refractivity contribution >= 4 is 11.6 Å². The molecule has 9 heteroatoms. The lowest BCUT2D eigenvalue weighted by Crippen LogP contribution is -2.44. The summed E-state index contributed by atoms with van der Waals surface area (Å²) in [4.78, 5) is 24.2. The Balaban J connectivity index is 2.50. The molecule has 8 nitrogen and oxygen atoms in total. The fourth-order valence-corrected chi connectivity index (χ4v) is 2.50. The van der Waals surface area contributed by atoms with Gasteiger partial charge < -0.3 is 20.1 Å². The molecule has 1 aromatic heterocycles. The zero-order valence-corrected chi connectivity index (χ0v) is 12.1. The molecule has 0 saturated carbocycles. The van der Waals surface area contributed by atoms with E-state index in [1.54, 1.807) is 0 Å². The van der Waals surface area contributed by atoms with Crippen molar-refractivity contribution in [1.82, 2.24) is 9.13 Å². The maximum Gasteiger partial charge on any atom is 0.333 e. The first-order valence-electron chi connectivity index (χ1n) is 6.43. The van der Waals surface area contributed by atoms with E-state index >= 15 is 0 Å². The Labute approximate surface area is 124 Å². The van der Waals surface area contributed by atoms with Crippen molar-refractivity contribution in [3.63, 3.8) is 0 Å². The highest BCUT2D eigenvalue weighted by Gasteiger charge is 2.44. The number of nitrogens with zero attached hydrogens (tertiary/aromatic N) is 2. The molecule has 3 N–H and O–H groups in total. The Kier molecular flexibility index (Phi) is 4.84. The van der Waals surface area contributed by atoms with Gasteiger partial charge in [0.1, 0.15) is 18.3 Å². The topological polar surface area (TPSA) is 114 Å². The second-order valence-corrected chi connectivity index (χ2v) is 5.25. The molecule has 0 amide bonds. The summed E-state index contributed by atoms with van der Waals surface area (Å²) in [6.07, 6.45) is -3.62. The Morgan fingerprint density at radius 3 is 2.52 bits per heavy atom. The molecular weight excluding hydrogens is 304 g/mol. The molecule has 0 radical (unpaired) electrons. The number of aromatic nitrogens is 2. The molecule has 0 bridgehead atoms. The number of hydrogen-bond acceptors (Lipinski definition) is 6. The largest absolute Gasteiger partial charge is 0.394 e. The first kappa shape index (κ1) is 16.2. The molecule has 4 atom stereocenters. The van der Waals surface area contributed by atoms with Crippen LogP contribution in [0, 0.1) is 6.92 Å². The van der Waals surface area contributed by atoms with Crippen LogP contribution < -0.4 is 11.2 Å². The SMILES string of the molecule is Cc1cn([C@@H]2O[C@H](CO)[C@@H](O)[C@H]2O)c(=O)n(CCCl)c1=O. The molecule has 1 fully saturated rings. The second kappa shape index (κ2) is 6.29. The highest BCUT2D eigenvalue weighted by Crippen LogP contribution is 2.27. The van der Waals surface area contributed by atoms with Crippen molar-refractivity contribution in [2.75, 3.05) is 12.5 Å². The zero-order valence-electron chi connectivity index (χ0n) is 11.3. The average Bonchev–Trinajstić information content (AvgIpc) is 2.75. The highest BCUT2D eigenvalue weighted by atomic mass is 35.5. The van der Waals surface area contributed by atoms with Crippen LogP contribution in [0.15, 0.2) is 15.8 Å². The van der Waals surface area contributed by atoms with E-state index in [9.17, 15) is 19.8 Å². The van der Waals surface area contributed by atoms with E-state index in [-0.39, 0.29) is 18.0 Å². The maximum atomic E-state index is 12.3. The first-order valence-corrected chi connectivity index (χ1v) is 6.96. The summed E-state index contributed by atoms with van der Waals surface area (Å²) >= 11 is 5.58. The van der Waals surface area contributed by atoms with Gasteiger partial charge in [-0.2, -0.15) is 0 Å². The first-order chi connectivity index (χ1) is 9.92. The van der Waals surface area contributed by atoms with Crippen molar-refractivity contribution in [2.24, 2.45) is 0 Å². The van der Waals surface area contributed by atoms with Crippen molar-refractivity contribution in [2.45, 2.75) is 38.0 Å². The Hall–Kier alpha value is -1.19. The molecule has 2 heterocycles. The summed E-state index contributed by atoms with van der Waals surface area (Å²) in [5.74, 6) is 0.0779. The molecule has 118 valence electrons. The van der Waals surface area contributed by atoms with Gasteiger partial charge >= 0.3 is 5.69 Å². The van der Waals surface area contributed by atoms with E-state index in [1.807, 2.05) is 0 Å². The van der Waals surface area contributed by atoms with Gasteiger partial charge in [-0.25, -0.2) is 4.79 Å². The van der Waals surface area contributed by atoms with E-state index < -0.39 is 42.4 Å². The minimum absolute atomic E-state index is 0.0235. The van der Waals surface area contributed by atoms with Gasteiger partial charge in [0.25, 0.3) is 5.56 Å². The lowest BCUT2D eigenvalue weighted by atomic mass is 10.1. The molecule has 0 aliphatic carbocycles. The number of rotatable bonds is 4. The Morgan fingerprint density at radius 1 is 1.33 bits per heavy atom. The molecular formula is C12H17ClN2O6. The molecule has 0 aromatic carbocycles. The van der Waals surface area contributed by atoms with E-state index in [0.717, 1.165) is 9.13 Å². The van der Waals surface area contributed by atoms with Crippen LogP contribution >= 0.6 is 11.6 Å². The van der Waals surface area contributed by atoms with E-state index in [0.29, 0.717) is 0 Å². The fourth-order valence-electron chi connectivity index (χ4n) is 2.33. The molecule has 1 aliphatic heterocycles. The zero-order chi connectivity index (χ0) is 15.7. The summed E-state index contributed by atoms with van der Waals surface area (Å²) in [7, 11) is 0. The average molecular weight is 321 g/mol. The Bertz CT molecular complexity index is 627. The van der Waals surface area contributed by atoms with Crippen LogP contribution in [0.25, 0.3) is 0 Å². The minimum atomic E-state index is -1.39. The van der Waals surface area contributed by atoms with Gasteiger partial charge in [-0.1, -0.05) is 0 Å². The highest BCUT2D eigenvalue weighted by molar-refractivity contribution is 6.17. The van der Waals surface area contributed by atoms with Crippen LogP contribution in [-0.4, -0.2) is 55.3 Å². The van der Waals surface area contributed by atoms with E-state index in [2.05, 4.69) is 0 Å². The predicted octanol–water partition coefficient (Wildman–Crippen LogP) is -1.83. The number of alkyl halides is 1. The third-order valence-corrected chi connectivity index (χ3v) is 3.64. The van der Waals surface area contributed by atoms with Crippen molar-refractivity contribution in [3.05, 3.63) is 32.6 Å². The molecule has 2 rings (SSSR count). The number of aryl methyl sites for hydroxylation is 1. The lowest BCUT2D eigenvalue weighted by molar-refractivity contribution is -0.0556. The van der Waals surface area contributed by atoms with Crippen molar-refractivity contribution in [1.29, 1.82) is 0 Å². The number of aliphatic hydroxyl groups is 3. The minimum Gasteiger partial charge on any atom is -0.394 e.